The van der Waals surface area contributed by atoms with Gasteiger partial charge < -0.3 is 0 Å². The largest absolute Gasteiger partial charge is 0.264 e. The first-order valence-corrected chi connectivity index (χ1v) is 8.90. The van der Waals surface area contributed by atoms with Gasteiger partial charge in [-0.15, -0.1) is 0 Å². The number of hydrogen-bond acceptors (Lipinski definition) is 2. The topological polar surface area (TPSA) is 25.8 Å². The number of pyridine rings is 2. The van der Waals surface area contributed by atoms with Gasteiger partial charge in [0.15, 0.2) is 0 Å². The predicted octanol–water partition coefficient (Wildman–Crippen LogP) is 5.85. The summed E-state index contributed by atoms with van der Waals surface area (Å²) in [6.45, 7) is 11.2. The molecular formula is C21H30N2. The van der Waals surface area contributed by atoms with Gasteiger partial charge in [0.1, 0.15) is 0 Å². The van der Waals surface area contributed by atoms with Crippen LogP contribution >= 0.6 is 0 Å². The van der Waals surface area contributed by atoms with E-state index < -0.39 is 0 Å². The minimum atomic E-state index is 0.539. The van der Waals surface area contributed by atoms with Crippen molar-refractivity contribution in [2.75, 3.05) is 0 Å². The summed E-state index contributed by atoms with van der Waals surface area (Å²) < 4.78 is 0. The Kier molecular flexibility index (Phi) is 6.32. The van der Waals surface area contributed by atoms with E-state index >= 15 is 0 Å². The van der Waals surface area contributed by atoms with Gasteiger partial charge >= 0.3 is 0 Å². The van der Waals surface area contributed by atoms with Crippen molar-refractivity contribution in [3.8, 4) is 0 Å². The van der Waals surface area contributed by atoms with Crippen molar-refractivity contribution in [2.24, 2.45) is 0 Å². The second kappa shape index (κ2) is 8.24. The molecule has 0 aliphatic carbocycles. The zero-order valence-electron chi connectivity index (χ0n) is 15.2. The van der Waals surface area contributed by atoms with Crippen molar-refractivity contribution >= 4 is 0 Å². The summed E-state index contributed by atoms with van der Waals surface area (Å²) in [6.07, 6.45) is 9.43. The normalized spacial score (nSPS) is 14.0. The number of rotatable bonds is 7. The molecule has 2 heterocycles. The Balaban J connectivity index is 1.95. The second-order valence-corrected chi connectivity index (χ2v) is 7.02. The highest BCUT2D eigenvalue weighted by molar-refractivity contribution is 5.24. The lowest BCUT2D eigenvalue weighted by atomic mass is 9.89. The molecule has 0 spiro atoms. The molecule has 0 aliphatic rings. The van der Waals surface area contributed by atoms with E-state index in [1.807, 2.05) is 12.4 Å². The van der Waals surface area contributed by atoms with Crippen LogP contribution in [0.15, 0.2) is 36.8 Å². The fourth-order valence-electron chi connectivity index (χ4n) is 2.83. The molecule has 0 amide bonds. The number of nitrogens with zero attached hydrogens (tertiary/aromatic N) is 2. The first-order valence-electron chi connectivity index (χ1n) is 8.90. The third kappa shape index (κ3) is 4.89. The Bertz CT molecular complexity index is 601. The molecule has 2 unspecified atom stereocenters. The molecule has 2 aromatic rings. The SMILES string of the molecule is CCc1ccc(C(C)CCC(C)c2cncc(C(C)C)c2)cn1. The van der Waals surface area contributed by atoms with Crippen LogP contribution in [0.1, 0.15) is 87.6 Å². The van der Waals surface area contributed by atoms with E-state index in [-0.39, 0.29) is 0 Å². The fraction of sp³-hybridized carbons (Fsp3) is 0.524. The van der Waals surface area contributed by atoms with Crippen molar-refractivity contribution in [1.29, 1.82) is 0 Å². The lowest BCUT2D eigenvalue weighted by Crippen LogP contribution is -2.01. The highest BCUT2D eigenvalue weighted by Gasteiger charge is 2.12. The molecule has 0 saturated heterocycles. The average Bonchev–Trinajstić information content (AvgIpc) is 2.59. The molecule has 2 nitrogen and oxygen atoms in total. The van der Waals surface area contributed by atoms with Crippen LogP contribution in [0, 0.1) is 0 Å². The van der Waals surface area contributed by atoms with E-state index in [9.17, 15) is 0 Å². The maximum absolute atomic E-state index is 4.52. The standard InChI is InChI=1S/C21H30N2/c1-6-21-10-9-18(14-23-21)16(4)7-8-17(5)20-11-19(15(2)3)12-22-13-20/h9-17H,6-8H2,1-5H3. The van der Waals surface area contributed by atoms with E-state index in [1.165, 1.54) is 35.2 Å². The van der Waals surface area contributed by atoms with Gasteiger partial charge in [0.05, 0.1) is 0 Å². The molecule has 2 heteroatoms. The third-order valence-corrected chi connectivity index (χ3v) is 4.83. The Morgan fingerprint density at radius 2 is 1.48 bits per heavy atom. The minimum absolute atomic E-state index is 0.539. The molecule has 0 radical (unpaired) electrons. The van der Waals surface area contributed by atoms with E-state index in [2.05, 4.69) is 69.0 Å². The molecule has 2 atom stereocenters. The molecule has 0 bridgehead atoms. The Labute approximate surface area is 141 Å². The van der Waals surface area contributed by atoms with Crippen molar-refractivity contribution in [3.63, 3.8) is 0 Å². The van der Waals surface area contributed by atoms with Gasteiger partial charge in [-0.2, -0.15) is 0 Å². The quantitative estimate of drug-likeness (QED) is 0.641. The Hall–Kier alpha value is -1.70. The van der Waals surface area contributed by atoms with Gasteiger partial charge in [-0.25, -0.2) is 0 Å². The maximum Gasteiger partial charge on any atom is 0.0401 e. The van der Waals surface area contributed by atoms with Crippen LogP contribution < -0.4 is 0 Å². The van der Waals surface area contributed by atoms with Crippen LogP contribution in [0.4, 0.5) is 0 Å². The summed E-state index contributed by atoms with van der Waals surface area (Å²) in [6, 6.07) is 6.72. The molecule has 124 valence electrons. The lowest BCUT2D eigenvalue weighted by Gasteiger charge is -2.17. The summed E-state index contributed by atoms with van der Waals surface area (Å²) in [4.78, 5) is 8.95. The number of aromatic nitrogens is 2. The van der Waals surface area contributed by atoms with Crippen molar-refractivity contribution < 1.29 is 0 Å². The molecule has 0 aliphatic heterocycles. The molecule has 23 heavy (non-hydrogen) atoms. The molecule has 0 aromatic carbocycles. The van der Waals surface area contributed by atoms with E-state index in [4.69, 9.17) is 0 Å². The van der Waals surface area contributed by atoms with Crippen LogP contribution in [0.2, 0.25) is 0 Å². The fourth-order valence-corrected chi connectivity index (χ4v) is 2.83. The summed E-state index contributed by atoms with van der Waals surface area (Å²) in [5.41, 5.74) is 5.22. The van der Waals surface area contributed by atoms with Gasteiger partial charge in [0.25, 0.3) is 0 Å². The molecule has 2 aromatic heterocycles. The zero-order valence-corrected chi connectivity index (χ0v) is 15.2. The average molecular weight is 310 g/mol. The van der Waals surface area contributed by atoms with Gasteiger partial charge in [0.2, 0.25) is 0 Å². The van der Waals surface area contributed by atoms with E-state index in [0.717, 1.165) is 6.42 Å². The van der Waals surface area contributed by atoms with Crippen LogP contribution in [-0.4, -0.2) is 9.97 Å². The Morgan fingerprint density at radius 3 is 2.04 bits per heavy atom. The van der Waals surface area contributed by atoms with E-state index in [0.29, 0.717) is 17.8 Å². The summed E-state index contributed by atoms with van der Waals surface area (Å²) >= 11 is 0. The first kappa shape index (κ1) is 17.7. The van der Waals surface area contributed by atoms with Crippen molar-refractivity contribution in [2.45, 2.75) is 71.6 Å². The van der Waals surface area contributed by atoms with Crippen LogP contribution in [0.3, 0.4) is 0 Å². The predicted molar refractivity (Wildman–Crippen MR) is 98.0 cm³/mol. The number of aryl methyl sites for hydroxylation is 1. The lowest BCUT2D eigenvalue weighted by molar-refractivity contribution is 0.570. The number of hydrogen-bond donors (Lipinski definition) is 0. The zero-order chi connectivity index (χ0) is 16.8. The third-order valence-electron chi connectivity index (χ3n) is 4.83. The van der Waals surface area contributed by atoms with Gasteiger partial charge in [0, 0.05) is 24.3 Å². The Morgan fingerprint density at radius 1 is 0.826 bits per heavy atom. The highest BCUT2D eigenvalue weighted by Crippen LogP contribution is 2.28. The monoisotopic (exact) mass is 310 g/mol. The summed E-state index contributed by atoms with van der Waals surface area (Å²) in [5.74, 6) is 1.64. The second-order valence-electron chi connectivity index (χ2n) is 7.02. The summed E-state index contributed by atoms with van der Waals surface area (Å²) in [7, 11) is 0. The molecule has 2 rings (SSSR count). The van der Waals surface area contributed by atoms with Crippen LogP contribution in [0.5, 0.6) is 0 Å². The van der Waals surface area contributed by atoms with E-state index in [1.54, 1.807) is 0 Å². The van der Waals surface area contributed by atoms with Gasteiger partial charge in [-0.3, -0.25) is 9.97 Å². The molecule has 0 saturated carbocycles. The first-order chi connectivity index (χ1) is 11.0. The molecular weight excluding hydrogens is 280 g/mol. The molecule has 0 N–H and O–H groups in total. The highest BCUT2D eigenvalue weighted by atomic mass is 14.7. The van der Waals surface area contributed by atoms with Crippen molar-refractivity contribution in [1.82, 2.24) is 9.97 Å². The minimum Gasteiger partial charge on any atom is -0.264 e. The van der Waals surface area contributed by atoms with Crippen molar-refractivity contribution in [3.05, 3.63) is 59.2 Å². The smallest absolute Gasteiger partial charge is 0.0401 e. The van der Waals surface area contributed by atoms with Gasteiger partial charge in [-0.1, -0.05) is 46.8 Å². The van der Waals surface area contributed by atoms with Gasteiger partial charge in [-0.05, 0) is 59.8 Å². The maximum atomic E-state index is 4.52. The molecule has 0 fully saturated rings. The van der Waals surface area contributed by atoms with Crippen LogP contribution in [-0.2, 0) is 6.42 Å². The summed E-state index contributed by atoms with van der Waals surface area (Å²) in [5, 5.41) is 0. The van der Waals surface area contributed by atoms with Crippen LogP contribution in [0.25, 0.3) is 0 Å².